The van der Waals surface area contributed by atoms with Crippen LogP contribution in [0.1, 0.15) is 5.56 Å². The Morgan fingerprint density at radius 1 is 1.14 bits per heavy atom. The fourth-order valence-corrected chi connectivity index (χ4v) is 2.58. The predicted octanol–water partition coefficient (Wildman–Crippen LogP) is 2.97. The second-order valence-electron chi connectivity index (χ2n) is 4.56. The molecule has 21 heavy (non-hydrogen) atoms. The molecule has 0 saturated heterocycles. The number of nitroso groups, excluding NO2 is 1. The fourth-order valence-electron chi connectivity index (χ4n) is 2.03. The molecule has 0 fully saturated rings. The molecule has 0 aliphatic rings. The van der Waals surface area contributed by atoms with E-state index < -0.39 is 10.1 Å². The van der Waals surface area contributed by atoms with Crippen molar-refractivity contribution in [1.29, 1.82) is 0 Å². The van der Waals surface area contributed by atoms with Gasteiger partial charge in [-0.2, -0.15) is 8.42 Å². The van der Waals surface area contributed by atoms with Crippen LogP contribution >= 0.6 is 0 Å². The number of rotatable bonds is 5. The molecule has 0 unspecified atom stereocenters. The molecule has 0 aliphatic heterocycles. The van der Waals surface area contributed by atoms with E-state index in [1.807, 2.05) is 0 Å². The number of anilines is 1. The van der Waals surface area contributed by atoms with Gasteiger partial charge in [0.15, 0.2) is 0 Å². The van der Waals surface area contributed by atoms with Gasteiger partial charge >= 0.3 is 0 Å². The van der Waals surface area contributed by atoms with Crippen LogP contribution in [0.5, 0.6) is 0 Å². The van der Waals surface area contributed by atoms with E-state index in [4.69, 9.17) is 4.55 Å². The molecular formula is C14H14N2O4S. The van der Waals surface area contributed by atoms with Crippen LogP contribution in [0, 0.1) is 4.91 Å². The van der Waals surface area contributed by atoms with E-state index in [0.29, 0.717) is 23.5 Å². The molecule has 0 bridgehead atoms. The van der Waals surface area contributed by atoms with E-state index in [0.717, 1.165) is 0 Å². The number of nitrogens with zero attached hydrogens (tertiary/aromatic N) is 2. The van der Waals surface area contributed by atoms with Gasteiger partial charge in [0.1, 0.15) is 5.69 Å². The van der Waals surface area contributed by atoms with Crippen LogP contribution in [-0.2, 0) is 16.7 Å². The second-order valence-corrected chi connectivity index (χ2v) is 5.98. The van der Waals surface area contributed by atoms with Crippen LogP contribution in [0.4, 0.5) is 11.4 Å². The molecule has 0 spiro atoms. The van der Waals surface area contributed by atoms with Crippen molar-refractivity contribution in [2.75, 3.05) is 11.9 Å². The Bertz CT molecular complexity index is 759. The lowest BCUT2D eigenvalue weighted by molar-refractivity contribution is 0.483. The monoisotopic (exact) mass is 306 g/mol. The van der Waals surface area contributed by atoms with Crippen LogP contribution in [0.15, 0.2) is 58.6 Å². The lowest BCUT2D eigenvalue weighted by atomic mass is 10.2. The van der Waals surface area contributed by atoms with Crippen molar-refractivity contribution in [2.45, 2.75) is 11.4 Å². The van der Waals surface area contributed by atoms with Crippen molar-refractivity contribution < 1.29 is 13.0 Å². The van der Waals surface area contributed by atoms with Gasteiger partial charge < -0.3 is 4.90 Å². The molecule has 2 aromatic carbocycles. The summed E-state index contributed by atoms with van der Waals surface area (Å²) in [6.07, 6.45) is 0. The third-order valence-corrected chi connectivity index (χ3v) is 3.86. The maximum absolute atomic E-state index is 11.1. The summed E-state index contributed by atoms with van der Waals surface area (Å²) in [5, 5.41) is 2.96. The molecule has 0 aliphatic carbocycles. The zero-order valence-corrected chi connectivity index (χ0v) is 12.1. The first kappa shape index (κ1) is 15.1. The van der Waals surface area contributed by atoms with Crippen molar-refractivity contribution in [1.82, 2.24) is 0 Å². The zero-order valence-electron chi connectivity index (χ0n) is 11.3. The maximum Gasteiger partial charge on any atom is 0.294 e. The molecule has 0 atom stereocenters. The van der Waals surface area contributed by atoms with Gasteiger partial charge in [-0.3, -0.25) is 4.55 Å². The van der Waals surface area contributed by atoms with Crippen LogP contribution in [0.2, 0.25) is 0 Å². The summed E-state index contributed by atoms with van der Waals surface area (Å²) < 4.78 is 31.3. The van der Waals surface area contributed by atoms with E-state index >= 15 is 0 Å². The summed E-state index contributed by atoms with van der Waals surface area (Å²) in [5.41, 5.74) is 1.64. The fraction of sp³-hybridized carbons (Fsp3) is 0.143. The van der Waals surface area contributed by atoms with Crippen molar-refractivity contribution in [3.05, 3.63) is 59.0 Å². The van der Waals surface area contributed by atoms with E-state index in [1.165, 1.54) is 12.1 Å². The van der Waals surface area contributed by atoms with Gasteiger partial charge in [-0.25, -0.2) is 0 Å². The minimum Gasteiger partial charge on any atom is -0.368 e. The molecule has 2 aromatic rings. The molecular weight excluding hydrogens is 292 g/mol. The zero-order chi connectivity index (χ0) is 15.5. The summed E-state index contributed by atoms with van der Waals surface area (Å²) in [4.78, 5) is 12.4. The Balaban J connectivity index is 2.28. The molecule has 0 amide bonds. The minimum atomic E-state index is -4.23. The van der Waals surface area contributed by atoms with Crippen LogP contribution < -0.4 is 4.90 Å². The van der Waals surface area contributed by atoms with E-state index in [2.05, 4.69) is 5.18 Å². The SMILES string of the molecule is CN(Cc1cccc(S(=O)(=O)O)c1)c1ccccc1N=O. The van der Waals surface area contributed by atoms with E-state index in [9.17, 15) is 13.3 Å². The lowest BCUT2D eigenvalue weighted by Crippen LogP contribution is -2.16. The van der Waals surface area contributed by atoms with Crippen molar-refractivity contribution in [3.63, 3.8) is 0 Å². The van der Waals surface area contributed by atoms with Gasteiger partial charge in [-0.1, -0.05) is 24.3 Å². The Hall–Kier alpha value is -2.25. The number of para-hydroxylation sites is 1. The standard InChI is InChI=1S/C14H14N2O4S/c1-16(14-8-3-2-7-13(14)15-17)10-11-5-4-6-12(9-11)21(18,19)20/h2-9H,10H2,1H3,(H,18,19,20). The van der Waals surface area contributed by atoms with E-state index in [1.54, 1.807) is 48.3 Å². The Morgan fingerprint density at radius 2 is 1.86 bits per heavy atom. The smallest absolute Gasteiger partial charge is 0.294 e. The highest BCUT2D eigenvalue weighted by atomic mass is 32.2. The van der Waals surface area contributed by atoms with Crippen LogP contribution in [0.3, 0.4) is 0 Å². The highest BCUT2D eigenvalue weighted by Crippen LogP contribution is 2.28. The highest BCUT2D eigenvalue weighted by molar-refractivity contribution is 7.85. The average molecular weight is 306 g/mol. The summed E-state index contributed by atoms with van der Waals surface area (Å²) >= 11 is 0. The molecule has 0 saturated carbocycles. The molecule has 0 radical (unpaired) electrons. The summed E-state index contributed by atoms with van der Waals surface area (Å²) in [7, 11) is -2.46. The molecule has 1 N–H and O–H groups in total. The van der Waals surface area contributed by atoms with Crippen molar-refractivity contribution in [3.8, 4) is 0 Å². The summed E-state index contributed by atoms with van der Waals surface area (Å²) in [5.74, 6) is 0. The quantitative estimate of drug-likeness (QED) is 0.678. The first-order valence-corrected chi connectivity index (χ1v) is 7.56. The molecule has 6 nitrogen and oxygen atoms in total. The summed E-state index contributed by atoms with van der Waals surface area (Å²) in [6.45, 7) is 0.371. The van der Waals surface area contributed by atoms with Crippen LogP contribution in [-0.4, -0.2) is 20.0 Å². The first-order chi connectivity index (χ1) is 9.91. The molecule has 0 aromatic heterocycles. The van der Waals surface area contributed by atoms with Gasteiger partial charge in [0.2, 0.25) is 0 Å². The number of hydrogen-bond acceptors (Lipinski definition) is 5. The van der Waals surface area contributed by atoms with Gasteiger partial charge in [0, 0.05) is 13.6 Å². The Kier molecular flexibility index (Phi) is 4.35. The maximum atomic E-state index is 11.1. The summed E-state index contributed by atoms with van der Waals surface area (Å²) in [6, 6.07) is 12.9. The molecule has 110 valence electrons. The Labute approximate surface area is 122 Å². The molecule has 7 heteroatoms. The third kappa shape index (κ3) is 3.65. The van der Waals surface area contributed by atoms with Gasteiger partial charge in [0.05, 0.1) is 10.6 Å². The lowest BCUT2D eigenvalue weighted by Gasteiger charge is -2.20. The minimum absolute atomic E-state index is 0.157. The average Bonchev–Trinajstić information content (AvgIpc) is 2.46. The largest absolute Gasteiger partial charge is 0.368 e. The first-order valence-electron chi connectivity index (χ1n) is 6.12. The van der Waals surface area contributed by atoms with Gasteiger partial charge in [-0.15, -0.1) is 4.91 Å². The molecule has 0 heterocycles. The van der Waals surface area contributed by atoms with Crippen molar-refractivity contribution >= 4 is 21.5 Å². The van der Waals surface area contributed by atoms with Gasteiger partial charge in [-0.05, 0) is 35.0 Å². The predicted molar refractivity (Wildman–Crippen MR) is 80.3 cm³/mol. The normalized spacial score (nSPS) is 11.1. The third-order valence-electron chi connectivity index (χ3n) is 3.01. The Morgan fingerprint density at radius 3 is 2.52 bits per heavy atom. The van der Waals surface area contributed by atoms with E-state index in [-0.39, 0.29) is 4.90 Å². The number of benzene rings is 2. The van der Waals surface area contributed by atoms with Crippen molar-refractivity contribution in [2.24, 2.45) is 5.18 Å². The highest BCUT2D eigenvalue weighted by Gasteiger charge is 2.12. The number of hydrogen-bond donors (Lipinski definition) is 1. The topological polar surface area (TPSA) is 87.0 Å². The molecule has 2 rings (SSSR count). The second kappa shape index (κ2) is 6.02. The van der Waals surface area contributed by atoms with Gasteiger partial charge in [0.25, 0.3) is 10.1 Å². The van der Waals surface area contributed by atoms with Crippen LogP contribution in [0.25, 0.3) is 0 Å².